The van der Waals surface area contributed by atoms with Gasteiger partial charge in [0.25, 0.3) is 0 Å². The molecule has 1 unspecified atom stereocenters. The standard InChI is InChI=1S/C6H6F2O2/c1-2-4(7)3-5(8)6(9)10/h2-4H,1H2,(H,9,10)/b5-3-. The molecule has 0 amide bonds. The molecule has 0 spiro atoms. The van der Waals surface area contributed by atoms with Gasteiger partial charge in [-0.15, -0.1) is 0 Å². The normalized spacial score (nSPS) is 14.4. The number of hydrogen-bond donors (Lipinski definition) is 1. The molecule has 0 saturated carbocycles. The van der Waals surface area contributed by atoms with Crippen molar-refractivity contribution in [3.8, 4) is 0 Å². The van der Waals surface area contributed by atoms with E-state index in [1.54, 1.807) is 0 Å². The van der Waals surface area contributed by atoms with Gasteiger partial charge in [0.05, 0.1) is 0 Å². The lowest BCUT2D eigenvalue weighted by atomic mass is 10.3. The first kappa shape index (κ1) is 8.81. The topological polar surface area (TPSA) is 37.3 Å². The highest BCUT2D eigenvalue weighted by Gasteiger charge is 2.07. The van der Waals surface area contributed by atoms with Crippen LogP contribution in [0.5, 0.6) is 0 Å². The number of rotatable bonds is 3. The van der Waals surface area contributed by atoms with E-state index in [0.717, 1.165) is 6.08 Å². The summed E-state index contributed by atoms with van der Waals surface area (Å²) in [5.41, 5.74) is 0. The molecule has 0 fully saturated rings. The van der Waals surface area contributed by atoms with Gasteiger partial charge in [0.2, 0.25) is 5.83 Å². The number of carbonyl (C=O) groups is 1. The Balaban J connectivity index is 4.15. The van der Waals surface area contributed by atoms with Gasteiger partial charge in [-0.3, -0.25) is 0 Å². The summed E-state index contributed by atoms with van der Waals surface area (Å²) in [6.45, 7) is 2.99. The Labute approximate surface area is 56.5 Å². The lowest BCUT2D eigenvalue weighted by molar-refractivity contribution is -0.134. The maximum Gasteiger partial charge on any atom is 0.364 e. The largest absolute Gasteiger partial charge is 0.476 e. The van der Waals surface area contributed by atoms with Crippen molar-refractivity contribution in [2.45, 2.75) is 6.17 Å². The van der Waals surface area contributed by atoms with E-state index in [2.05, 4.69) is 6.58 Å². The second-order valence-electron chi connectivity index (χ2n) is 1.50. The highest BCUT2D eigenvalue weighted by molar-refractivity contribution is 5.84. The first-order valence-corrected chi connectivity index (χ1v) is 2.45. The van der Waals surface area contributed by atoms with Crippen molar-refractivity contribution >= 4 is 5.97 Å². The van der Waals surface area contributed by atoms with Gasteiger partial charge in [-0.2, -0.15) is 4.39 Å². The molecule has 0 aromatic carbocycles. The lowest BCUT2D eigenvalue weighted by Gasteiger charge is -1.91. The minimum absolute atomic E-state index is 0.329. The Morgan fingerprint density at radius 3 is 2.50 bits per heavy atom. The van der Waals surface area contributed by atoms with Crippen LogP contribution in [0.15, 0.2) is 24.6 Å². The quantitative estimate of drug-likeness (QED) is 0.485. The van der Waals surface area contributed by atoms with Crippen molar-refractivity contribution in [1.82, 2.24) is 0 Å². The van der Waals surface area contributed by atoms with Crippen LogP contribution in [0.4, 0.5) is 8.78 Å². The van der Waals surface area contributed by atoms with Gasteiger partial charge in [0, 0.05) is 0 Å². The van der Waals surface area contributed by atoms with E-state index in [1.165, 1.54) is 0 Å². The van der Waals surface area contributed by atoms with Crippen LogP contribution in [0.25, 0.3) is 0 Å². The van der Waals surface area contributed by atoms with Crippen molar-refractivity contribution < 1.29 is 18.7 Å². The maximum atomic E-state index is 12.0. The minimum Gasteiger partial charge on any atom is -0.476 e. The zero-order valence-corrected chi connectivity index (χ0v) is 5.05. The molecule has 56 valence electrons. The second kappa shape index (κ2) is 3.76. The van der Waals surface area contributed by atoms with E-state index in [4.69, 9.17) is 5.11 Å². The Bertz CT molecular complexity index is 175. The van der Waals surface area contributed by atoms with Crippen molar-refractivity contribution in [2.24, 2.45) is 0 Å². The minimum atomic E-state index is -1.77. The predicted octanol–water partition coefficient (Wildman–Crippen LogP) is 1.45. The zero-order valence-electron chi connectivity index (χ0n) is 5.05. The van der Waals surface area contributed by atoms with E-state index in [9.17, 15) is 13.6 Å². The van der Waals surface area contributed by atoms with E-state index in [1.807, 2.05) is 0 Å². The van der Waals surface area contributed by atoms with Gasteiger partial charge in [-0.1, -0.05) is 12.7 Å². The van der Waals surface area contributed by atoms with Crippen LogP contribution in [-0.4, -0.2) is 17.2 Å². The highest BCUT2D eigenvalue weighted by Crippen LogP contribution is 2.02. The number of aliphatic carboxylic acids is 1. The van der Waals surface area contributed by atoms with Gasteiger partial charge in [-0.25, -0.2) is 9.18 Å². The van der Waals surface area contributed by atoms with E-state index >= 15 is 0 Å². The van der Waals surface area contributed by atoms with Crippen LogP contribution in [-0.2, 0) is 4.79 Å². The summed E-state index contributed by atoms with van der Waals surface area (Å²) < 4.78 is 24.0. The fourth-order valence-corrected chi connectivity index (χ4v) is 0.279. The van der Waals surface area contributed by atoms with Crippen LogP contribution in [0.3, 0.4) is 0 Å². The first-order valence-electron chi connectivity index (χ1n) is 2.45. The van der Waals surface area contributed by atoms with Crippen LogP contribution in [0.1, 0.15) is 0 Å². The fourth-order valence-electron chi connectivity index (χ4n) is 0.279. The third-order valence-corrected chi connectivity index (χ3v) is 0.735. The summed E-state index contributed by atoms with van der Waals surface area (Å²) in [5.74, 6) is -3.28. The van der Waals surface area contributed by atoms with Crippen molar-refractivity contribution in [2.75, 3.05) is 0 Å². The maximum absolute atomic E-state index is 12.0. The van der Waals surface area contributed by atoms with Gasteiger partial charge in [-0.05, 0) is 6.08 Å². The number of hydrogen-bond acceptors (Lipinski definition) is 1. The molecule has 0 aliphatic rings. The molecule has 1 atom stereocenters. The molecule has 0 radical (unpaired) electrons. The zero-order chi connectivity index (χ0) is 8.15. The van der Waals surface area contributed by atoms with Crippen molar-refractivity contribution in [3.63, 3.8) is 0 Å². The molecule has 0 aliphatic heterocycles. The Morgan fingerprint density at radius 1 is 1.70 bits per heavy atom. The van der Waals surface area contributed by atoms with E-state index in [-0.39, 0.29) is 0 Å². The molecule has 0 bridgehead atoms. The van der Waals surface area contributed by atoms with Crippen LogP contribution in [0, 0.1) is 0 Å². The SMILES string of the molecule is C=CC(F)/C=C(\F)C(=O)O. The second-order valence-corrected chi connectivity index (χ2v) is 1.50. The third kappa shape index (κ3) is 2.96. The molecule has 0 heterocycles. The molecule has 0 rings (SSSR count). The first-order chi connectivity index (χ1) is 4.57. The van der Waals surface area contributed by atoms with Crippen LogP contribution >= 0.6 is 0 Å². The van der Waals surface area contributed by atoms with Gasteiger partial charge in [0.15, 0.2) is 0 Å². The molecule has 0 saturated heterocycles. The number of allylic oxidation sites excluding steroid dienone is 2. The molecule has 0 aromatic heterocycles. The number of halogens is 2. The third-order valence-electron chi connectivity index (χ3n) is 0.735. The average molecular weight is 148 g/mol. The molecule has 10 heavy (non-hydrogen) atoms. The average Bonchev–Trinajstić information content (AvgIpc) is 1.87. The Hall–Kier alpha value is -1.19. The van der Waals surface area contributed by atoms with Crippen LogP contribution in [0.2, 0.25) is 0 Å². The molecule has 0 aliphatic carbocycles. The Kier molecular flexibility index (Phi) is 3.32. The summed E-state index contributed by atoms with van der Waals surface area (Å²) >= 11 is 0. The molecule has 2 nitrogen and oxygen atoms in total. The number of alkyl halides is 1. The highest BCUT2D eigenvalue weighted by atomic mass is 19.1. The monoisotopic (exact) mass is 148 g/mol. The number of carboxylic acid groups (broad SMARTS) is 1. The molecular weight excluding hydrogens is 142 g/mol. The Morgan fingerprint density at radius 2 is 2.20 bits per heavy atom. The summed E-state index contributed by atoms with van der Waals surface area (Å²) in [6.07, 6.45) is -0.617. The summed E-state index contributed by atoms with van der Waals surface area (Å²) in [4.78, 5) is 9.71. The molecular formula is C6H6F2O2. The number of carboxylic acids is 1. The predicted molar refractivity (Wildman–Crippen MR) is 31.9 cm³/mol. The molecule has 1 N–H and O–H groups in total. The summed E-state index contributed by atoms with van der Waals surface area (Å²) in [5, 5.41) is 7.88. The van der Waals surface area contributed by atoms with Gasteiger partial charge >= 0.3 is 5.97 Å². The summed E-state index contributed by atoms with van der Waals surface area (Å²) in [7, 11) is 0. The smallest absolute Gasteiger partial charge is 0.364 e. The van der Waals surface area contributed by atoms with Crippen LogP contribution < -0.4 is 0 Å². The molecule has 4 heteroatoms. The lowest BCUT2D eigenvalue weighted by Crippen LogP contribution is -1.98. The van der Waals surface area contributed by atoms with Gasteiger partial charge < -0.3 is 5.11 Å². The van der Waals surface area contributed by atoms with E-state index in [0.29, 0.717) is 6.08 Å². The molecule has 0 aromatic rings. The fraction of sp³-hybridized carbons (Fsp3) is 0.167. The van der Waals surface area contributed by atoms with Gasteiger partial charge in [0.1, 0.15) is 6.17 Å². The summed E-state index contributed by atoms with van der Waals surface area (Å²) in [6, 6.07) is 0. The van der Waals surface area contributed by atoms with Crippen molar-refractivity contribution in [1.29, 1.82) is 0 Å². The van der Waals surface area contributed by atoms with Crippen molar-refractivity contribution in [3.05, 3.63) is 24.6 Å². The van der Waals surface area contributed by atoms with E-state index < -0.39 is 18.0 Å².